The lowest BCUT2D eigenvalue weighted by molar-refractivity contribution is 0.0962. The van der Waals surface area contributed by atoms with E-state index in [1.165, 1.54) is 12.4 Å². The fourth-order valence-electron chi connectivity index (χ4n) is 1.58. The van der Waals surface area contributed by atoms with Crippen LogP contribution in [0, 0.1) is 4.91 Å². The summed E-state index contributed by atoms with van der Waals surface area (Å²) >= 11 is 5.74. The normalized spacial score (nSPS) is 11.8. The summed E-state index contributed by atoms with van der Waals surface area (Å²) in [6.07, 6.45) is 3.03. The van der Waals surface area contributed by atoms with Crippen molar-refractivity contribution in [3.05, 3.63) is 69.8 Å². The van der Waals surface area contributed by atoms with E-state index < -0.39 is 6.04 Å². The molecular formula is C13H9ClN2O2. The van der Waals surface area contributed by atoms with Crippen LogP contribution in [0.1, 0.15) is 22.0 Å². The molecule has 0 saturated carbocycles. The minimum atomic E-state index is -1.05. The number of pyridine rings is 1. The maximum Gasteiger partial charge on any atom is 0.195 e. The summed E-state index contributed by atoms with van der Waals surface area (Å²) in [5, 5.41) is 3.43. The van der Waals surface area contributed by atoms with E-state index in [0.29, 0.717) is 16.1 Å². The van der Waals surface area contributed by atoms with Gasteiger partial charge in [0.25, 0.3) is 0 Å². The van der Waals surface area contributed by atoms with E-state index in [1.807, 2.05) is 0 Å². The quantitative estimate of drug-likeness (QED) is 0.625. The minimum Gasteiger partial charge on any atom is -0.291 e. The molecule has 1 aromatic heterocycles. The van der Waals surface area contributed by atoms with Gasteiger partial charge in [-0.25, -0.2) is 0 Å². The van der Waals surface area contributed by atoms with Crippen molar-refractivity contribution < 1.29 is 4.79 Å². The van der Waals surface area contributed by atoms with Gasteiger partial charge in [-0.3, -0.25) is 9.78 Å². The van der Waals surface area contributed by atoms with Crippen LogP contribution in [0.2, 0.25) is 5.02 Å². The second-order valence-electron chi connectivity index (χ2n) is 3.66. The van der Waals surface area contributed by atoms with Gasteiger partial charge in [-0.15, -0.1) is 4.91 Å². The molecular weight excluding hydrogens is 252 g/mol. The summed E-state index contributed by atoms with van der Waals surface area (Å²) in [4.78, 5) is 26.8. The van der Waals surface area contributed by atoms with Gasteiger partial charge in [0, 0.05) is 23.0 Å². The molecule has 0 aliphatic carbocycles. The monoisotopic (exact) mass is 260 g/mol. The third-order valence-electron chi connectivity index (χ3n) is 2.50. The summed E-state index contributed by atoms with van der Waals surface area (Å²) in [5.74, 6) is -0.354. The maximum atomic E-state index is 12.1. The van der Waals surface area contributed by atoms with Crippen LogP contribution in [-0.2, 0) is 0 Å². The fourth-order valence-corrected chi connectivity index (χ4v) is 1.70. The first-order valence-electron chi connectivity index (χ1n) is 5.24. The molecule has 0 saturated heterocycles. The summed E-state index contributed by atoms with van der Waals surface area (Å²) < 4.78 is 0. The van der Waals surface area contributed by atoms with Crippen LogP contribution >= 0.6 is 11.6 Å². The number of aromatic nitrogens is 1. The highest BCUT2D eigenvalue weighted by Crippen LogP contribution is 2.22. The first kappa shape index (κ1) is 12.4. The molecule has 1 heterocycles. The Morgan fingerprint density at radius 3 is 2.28 bits per heavy atom. The van der Waals surface area contributed by atoms with Crippen LogP contribution < -0.4 is 0 Å². The Morgan fingerprint density at radius 2 is 1.72 bits per heavy atom. The SMILES string of the molecule is O=NC(C(=O)c1ccc(Cl)cc1)c1ccncc1. The van der Waals surface area contributed by atoms with Crippen LogP contribution in [0.3, 0.4) is 0 Å². The molecule has 5 heteroatoms. The fraction of sp³-hybridized carbons (Fsp3) is 0.0769. The van der Waals surface area contributed by atoms with Crippen molar-refractivity contribution in [3.63, 3.8) is 0 Å². The van der Waals surface area contributed by atoms with Gasteiger partial charge in [-0.2, -0.15) is 0 Å². The van der Waals surface area contributed by atoms with Gasteiger partial charge in [-0.1, -0.05) is 16.8 Å². The molecule has 4 nitrogen and oxygen atoms in total. The van der Waals surface area contributed by atoms with E-state index in [9.17, 15) is 9.70 Å². The van der Waals surface area contributed by atoms with Crippen molar-refractivity contribution in [1.82, 2.24) is 4.98 Å². The van der Waals surface area contributed by atoms with E-state index in [2.05, 4.69) is 10.2 Å². The van der Waals surface area contributed by atoms with Crippen LogP contribution in [-0.4, -0.2) is 10.8 Å². The topological polar surface area (TPSA) is 59.4 Å². The highest BCUT2D eigenvalue weighted by atomic mass is 35.5. The second-order valence-corrected chi connectivity index (χ2v) is 4.10. The molecule has 0 aliphatic rings. The minimum absolute atomic E-state index is 0.354. The molecule has 90 valence electrons. The number of rotatable bonds is 4. The van der Waals surface area contributed by atoms with Crippen LogP contribution in [0.5, 0.6) is 0 Å². The van der Waals surface area contributed by atoms with Crippen molar-refractivity contribution in [2.45, 2.75) is 6.04 Å². The average molecular weight is 261 g/mol. The third-order valence-corrected chi connectivity index (χ3v) is 2.76. The van der Waals surface area contributed by atoms with Crippen molar-refractivity contribution in [2.24, 2.45) is 5.18 Å². The first-order chi connectivity index (χ1) is 8.72. The Balaban J connectivity index is 2.31. The highest BCUT2D eigenvalue weighted by molar-refractivity contribution is 6.30. The Labute approximate surface area is 109 Å². The van der Waals surface area contributed by atoms with Crippen molar-refractivity contribution >= 4 is 17.4 Å². The molecule has 0 bridgehead atoms. The number of hydrogen-bond acceptors (Lipinski definition) is 4. The number of ketones is 1. The zero-order valence-corrected chi connectivity index (χ0v) is 10.0. The predicted molar refractivity (Wildman–Crippen MR) is 68.6 cm³/mol. The molecule has 0 spiro atoms. The maximum absolute atomic E-state index is 12.1. The Morgan fingerprint density at radius 1 is 1.11 bits per heavy atom. The van der Waals surface area contributed by atoms with Gasteiger partial charge >= 0.3 is 0 Å². The van der Waals surface area contributed by atoms with Gasteiger partial charge in [-0.05, 0) is 42.0 Å². The molecule has 18 heavy (non-hydrogen) atoms. The number of carbonyl (C=O) groups is 1. The third kappa shape index (κ3) is 2.60. The summed E-state index contributed by atoms with van der Waals surface area (Å²) in [7, 11) is 0. The van der Waals surface area contributed by atoms with Gasteiger partial charge in [0.2, 0.25) is 0 Å². The van der Waals surface area contributed by atoms with Crippen molar-refractivity contribution in [2.75, 3.05) is 0 Å². The van der Waals surface area contributed by atoms with Crippen LogP contribution in [0.25, 0.3) is 0 Å². The van der Waals surface area contributed by atoms with Gasteiger partial charge in [0.15, 0.2) is 11.8 Å². The number of benzene rings is 1. The number of nitroso groups, excluding NO2 is 1. The van der Waals surface area contributed by atoms with Crippen LogP contribution in [0.4, 0.5) is 0 Å². The summed E-state index contributed by atoms with van der Waals surface area (Å²) in [6, 6.07) is 8.49. The average Bonchev–Trinajstić information content (AvgIpc) is 2.41. The van der Waals surface area contributed by atoms with Crippen LogP contribution in [0.15, 0.2) is 54.0 Å². The Hall–Kier alpha value is -2.07. The zero-order chi connectivity index (χ0) is 13.0. The number of nitrogens with zero attached hydrogens (tertiary/aromatic N) is 2. The van der Waals surface area contributed by atoms with E-state index in [4.69, 9.17) is 11.6 Å². The molecule has 2 aromatic rings. The number of halogens is 1. The molecule has 0 amide bonds. The lowest BCUT2D eigenvalue weighted by atomic mass is 9.99. The highest BCUT2D eigenvalue weighted by Gasteiger charge is 2.22. The van der Waals surface area contributed by atoms with E-state index >= 15 is 0 Å². The Bertz CT molecular complexity index is 555. The van der Waals surface area contributed by atoms with Gasteiger partial charge in [0.1, 0.15) is 0 Å². The van der Waals surface area contributed by atoms with E-state index in [0.717, 1.165) is 0 Å². The standard InChI is InChI=1S/C13H9ClN2O2/c14-11-3-1-10(2-4-11)13(17)12(16-18)9-5-7-15-8-6-9/h1-8,12H. The Kier molecular flexibility index (Phi) is 3.79. The summed E-state index contributed by atoms with van der Waals surface area (Å²) in [5.41, 5.74) is 0.931. The molecule has 0 aliphatic heterocycles. The lowest BCUT2D eigenvalue weighted by Gasteiger charge is -2.08. The zero-order valence-electron chi connectivity index (χ0n) is 9.29. The molecule has 0 N–H and O–H groups in total. The largest absolute Gasteiger partial charge is 0.291 e. The van der Waals surface area contributed by atoms with Gasteiger partial charge < -0.3 is 0 Å². The molecule has 1 atom stereocenters. The smallest absolute Gasteiger partial charge is 0.195 e. The number of Topliss-reactive ketones (excluding diaryl/α,β-unsaturated/α-hetero) is 1. The molecule has 1 unspecified atom stereocenters. The van der Waals surface area contributed by atoms with E-state index in [-0.39, 0.29) is 5.78 Å². The molecule has 1 aromatic carbocycles. The molecule has 0 radical (unpaired) electrons. The van der Waals surface area contributed by atoms with Crippen molar-refractivity contribution in [1.29, 1.82) is 0 Å². The summed E-state index contributed by atoms with van der Waals surface area (Å²) in [6.45, 7) is 0. The number of hydrogen-bond donors (Lipinski definition) is 0. The van der Waals surface area contributed by atoms with E-state index in [1.54, 1.807) is 36.4 Å². The lowest BCUT2D eigenvalue weighted by Crippen LogP contribution is -2.10. The second kappa shape index (κ2) is 5.51. The first-order valence-corrected chi connectivity index (χ1v) is 5.62. The van der Waals surface area contributed by atoms with Gasteiger partial charge in [0.05, 0.1) is 0 Å². The molecule has 2 rings (SSSR count). The van der Waals surface area contributed by atoms with Crippen molar-refractivity contribution in [3.8, 4) is 0 Å². The number of carbonyl (C=O) groups excluding carboxylic acids is 1. The molecule has 0 fully saturated rings. The predicted octanol–water partition coefficient (Wildman–Crippen LogP) is 3.43.